The second-order valence-corrected chi connectivity index (χ2v) is 3.57. The Labute approximate surface area is 106 Å². The Morgan fingerprint density at radius 1 is 1.44 bits per heavy atom. The van der Waals surface area contributed by atoms with Gasteiger partial charge in [0.15, 0.2) is 6.29 Å². The average Bonchev–Trinajstić information content (AvgIpc) is 2.25. The van der Waals surface area contributed by atoms with Crippen LogP contribution in [0.4, 0.5) is 22.0 Å². The molecule has 0 radical (unpaired) electrons. The summed E-state index contributed by atoms with van der Waals surface area (Å²) in [6.45, 7) is 0. The first-order valence-electron chi connectivity index (χ1n) is 4.37. The lowest BCUT2D eigenvalue weighted by molar-refractivity contribution is -0.275. The first kappa shape index (κ1) is 14.8. The van der Waals surface area contributed by atoms with Crippen LogP contribution in [-0.2, 0) is 5.33 Å². The number of nitrogens with zero attached hydrogens (tertiary/aromatic N) is 1. The van der Waals surface area contributed by atoms with Crippen LogP contribution in [0.3, 0.4) is 0 Å². The lowest BCUT2D eigenvalue weighted by Gasteiger charge is -2.15. The van der Waals surface area contributed by atoms with Gasteiger partial charge in [-0.1, -0.05) is 15.9 Å². The van der Waals surface area contributed by atoms with Crippen molar-refractivity contribution in [3.8, 4) is 5.75 Å². The SMILES string of the molecule is O=Cc1cc(OC(F)(F)F)c(C(F)F)c(CBr)n1. The maximum atomic E-state index is 12.7. The van der Waals surface area contributed by atoms with E-state index in [4.69, 9.17) is 0 Å². The van der Waals surface area contributed by atoms with Crippen molar-refractivity contribution in [1.29, 1.82) is 0 Å². The molecule has 0 saturated heterocycles. The zero-order valence-corrected chi connectivity index (χ0v) is 10.1. The van der Waals surface area contributed by atoms with E-state index in [9.17, 15) is 26.7 Å². The normalized spacial score (nSPS) is 11.7. The Hall–Kier alpha value is -1.25. The summed E-state index contributed by atoms with van der Waals surface area (Å²) in [5, 5.41) is -0.234. The van der Waals surface area contributed by atoms with Crippen molar-refractivity contribution in [3.63, 3.8) is 0 Å². The highest BCUT2D eigenvalue weighted by atomic mass is 79.9. The van der Waals surface area contributed by atoms with Crippen LogP contribution in [0.15, 0.2) is 6.07 Å². The van der Waals surface area contributed by atoms with Crippen LogP contribution in [-0.4, -0.2) is 17.6 Å². The standard InChI is InChI=1S/C9H5BrF5NO2/c10-2-5-7(8(11)12)6(18-9(13,14)15)1-4(3-17)16-5/h1,3,8H,2H2. The zero-order valence-electron chi connectivity index (χ0n) is 8.47. The van der Waals surface area contributed by atoms with E-state index in [2.05, 4.69) is 25.7 Å². The number of halogens is 6. The van der Waals surface area contributed by atoms with Gasteiger partial charge in [-0.3, -0.25) is 4.79 Å². The van der Waals surface area contributed by atoms with Gasteiger partial charge in [0.05, 0.1) is 11.3 Å². The summed E-state index contributed by atoms with van der Waals surface area (Å²) in [7, 11) is 0. The second kappa shape index (κ2) is 5.59. The molecule has 100 valence electrons. The molecule has 0 aliphatic carbocycles. The fraction of sp³-hybridized carbons (Fsp3) is 0.333. The summed E-state index contributed by atoms with van der Waals surface area (Å²) in [6.07, 6.45) is -8.19. The summed E-state index contributed by atoms with van der Waals surface area (Å²) in [5.41, 5.74) is -1.79. The fourth-order valence-corrected chi connectivity index (χ4v) is 1.63. The van der Waals surface area contributed by atoms with Crippen LogP contribution in [0.25, 0.3) is 0 Å². The van der Waals surface area contributed by atoms with Gasteiger partial charge in [-0.25, -0.2) is 13.8 Å². The van der Waals surface area contributed by atoms with Gasteiger partial charge in [0, 0.05) is 11.4 Å². The van der Waals surface area contributed by atoms with Crippen LogP contribution in [0.5, 0.6) is 5.75 Å². The molecule has 0 spiro atoms. The molecule has 18 heavy (non-hydrogen) atoms. The van der Waals surface area contributed by atoms with Crippen molar-refractivity contribution in [2.24, 2.45) is 0 Å². The number of rotatable bonds is 4. The van der Waals surface area contributed by atoms with Crippen molar-refractivity contribution >= 4 is 22.2 Å². The summed E-state index contributed by atoms with van der Waals surface area (Å²) in [5.74, 6) is -1.12. The molecular weight excluding hydrogens is 329 g/mol. The number of alkyl halides is 6. The molecule has 1 aromatic rings. The van der Waals surface area contributed by atoms with Crippen molar-refractivity contribution in [2.45, 2.75) is 18.1 Å². The van der Waals surface area contributed by atoms with Gasteiger partial charge in [-0.2, -0.15) is 0 Å². The molecule has 9 heteroatoms. The Balaban J connectivity index is 3.39. The lowest BCUT2D eigenvalue weighted by Crippen LogP contribution is -2.19. The maximum absolute atomic E-state index is 12.7. The molecule has 1 rings (SSSR count). The number of carbonyl (C=O) groups excluding carboxylic acids is 1. The Morgan fingerprint density at radius 3 is 2.44 bits per heavy atom. The third-order valence-corrected chi connectivity index (χ3v) is 2.34. The minimum Gasteiger partial charge on any atom is -0.405 e. The average molecular weight is 334 g/mol. The highest BCUT2D eigenvalue weighted by Crippen LogP contribution is 2.35. The van der Waals surface area contributed by atoms with Crippen molar-refractivity contribution in [1.82, 2.24) is 4.98 Å². The maximum Gasteiger partial charge on any atom is 0.573 e. The van der Waals surface area contributed by atoms with Crippen LogP contribution in [0.2, 0.25) is 0 Å². The topological polar surface area (TPSA) is 39.2 Å². The minimum absolute atomic E-state index is 0.143. The molecule has 0 saturated carbocycles. The van der Waals surface area contributed by atoms with E-state index in [0.29, 0.717) is 6.07 Å². The van der Waals surface area contributed by atoms with E-state index in [1.54, 1.807) is 0 Å². The first-order valence-corrected chi connectivity index (χ1v) is 5.49. The number of aromatic nitrogens is 1. The van der Waals surface area contributed by atoms with Crippen LogP contribution in [0, 0.1) is 0 Å². The van der Waals surface area contributed by atoms with Crippen molar-refractivity contribution in [3.05, 3.63) is 23.0 Å². The van der Waals surface area contributed by atoms with E-state index < -0.39 is 29.8 Å². The van der Waals surface area contributed by atoms with Crippen molar-refractivity contribution in [2.75, 3.05) is 0 Å². The van der Waals surface area contributed by atoms with Gasteiger partial charge in [0.2, 0.25) is 0 Å². The largest absolute Gasteiger partial charge is 0.573 e. The molecule has 0 amide bonds. The molecule has 0 fully saturated rings. The number of ether oxygens (including phenoxy) is 1. The predicted octanol–water partition coefficient (Wildman–Crippen LogP) is 3.63. The second-order valence-electron chi connectivity index (χ2n) is 3.01. The lowest BCUT2D eigenvalue weighted by atomic mass is 10.1. The number of hydrogen-bond donors (Lipinski definition) is 0. The smallest absolute Gasteiger partial charge is 0.405 e. The third-order valence-electron chi connectivity index (χ3n) is 1.81. The molecule has 0 bridgehead atoms. The molecule has 0 aliphatic heterocycles. The minimum atomic E-state index is -5.13. The number of pyridine rings is 1. The van der Waals surface area contributed by atoms with Gasteiger partial charge < -0.3 is 4.74 Å². The molecule has 0 N–H and O–H groups in total. The molecule has 3 nitrogen and oxygen atoms in total. The van der Waals surface area contributed by atoms with Crippen molar-refractivity contribution < 1.29 is 31.5 Å². The Bertz CT molecular complexity index is 449. The third kappa shape index (κ3) is 3.62. The molecule has 1 aromatic heterocycles. The Morgan fingerprint density at radius 2 is 2.06 bits per heavy atom. The summed E-state index contributed by atoms with van der Waals surface area (Å²) in [6, 6.07) is 0.522. The first-order chi connectivity index (χ1) is 8.28. The van der Waals surface area contributed by atoms with E-state index >= 15 is 0 Å². The quantitative estimate of drug-likeness (QED) is 0.480. The van der Waals surface area contributed by atoms with E-state index in [1.807, 2.05) is 0 Å². The molecule has 0 unspecified atom stereocenters. The van der Waals surface area contributed by atoms with Gasteiger partial charge in [0.1, 0.15) is 11.4 Å². The summed E-state index contributed by atoms with van der Waals surface area (Å²) >= 11 is 2.81. The van der Waals surface area contributed by atoms with E-state index in [1.165, 1.54) is 0 Å². The Kier molecular flexibility index (Phi) is 4.60. The fourth-order valence-electron chi connectivity index (χ4n) is 1.21. The van der Waals surface area contributed by atoms with Gasteiger partial charge >= 0.3 is 6.36 Å². The highest BCUT2D eigenvalue weighted by Gasteiger charge is 2.34. The zero-order chi connectivity index (χ0) is 13.9. The molecule has 0 aromatic carbocycles. The molecule has 0 aliphatic rings. The van der Waals surface area contributed by atoms with E-state index in [-0.39, 0.29) is 17.3 Å². The van der Waals surface area contributed by atoms with Gasteiger partial charge in [0.25, 0.3) is 6.43 Å². The molecule has 0 atom stereocenters. The number of aldehydes is 1. The predicted molar refractivity (Wildman–Crippen MR) is 53.9 cm³/mol. The van der Waals surface area contributed by atoms with Crippen LogP contribution >= 0.6 is 15.9 Å². The molecular formula is C9H5BrF5NO2. The summed E-state index contributed by atoms with van der Waals surface area (Å²) in [4.78, 5) is 14.0. The summed E-state index contributed by atoms with van der Waals surface area (Å²) < 4.78 is 65.1. The highest BCUT2D eigenvalue weighted by molar-refractivity contribution is 9.08. The molecule has 1 heterocycles. The van der Waals surface area contributed by atoms with Gasteiger partial charge in [-0.15, -0.1) is 13.2 Å². The number of carbonyl (C=O) groups is 1. The number of hydrogen-bond acceptors (Lipinski definition) is 3. The van der Waals surface area contributed by atoms with E-state index in [0.717, 1.165) is 0 Å². The monoisotopic (exact) mass is 333 g/mol. The van der Waals surface area contributed by atoms with Crippen LogP contribution in [0.1, 0.15) is 28.2 Å². The van der Waals surface area contributed by atoms with Crippen LogP contribution < -0.4 is 4.74 Å². The van der Waals surface area contributed by atoms with Gasteiger partial charge in [-0.05, 0) is 0 Å².